The minimum absolute atomic E-state index is 0.270. The van der Waals surface area contributed by atoms with Gasteiger partial charge in [-0.15, -0.1) is 0 Å². The van der Waals surface area contributed by atoms with Crippen molar-refractivity contribution in [3.63, 3.8) is 0 Å². The molecule has 0 amide bonds. The average Bonchev–Trinajstić information content (AvgIpc) is 3.60. The van der Waals surface area contributed by atoms with Crippen molar-refractivity contribution >= 4 is 23.2 Å². The fourth-order valence-corrected chi connectivity index (χ4v) is 3.80. The summed E-state index contributed by atoms with van der Waals surface area (Å²) in [6.45, 7) is 0.663. The van der Waals surface area contributed by atoms with Crippen LogP contribution in [0.3, 0.4) is 0 Å². The Balaban J connectivity index is 1.59. The molecule has 0 N–H and O–H groups in total. The molecule has 1 aliphatic carbocycles. The Morgan fingerprint density at radius 1 is 1.12 bits per heavy atom. The van der Waals surface area contributed by atoms with Gasteiger partial charge in [-0.25, -0.2) is 9.37 Å². The number of aromatic nitrogens is 2. The zero-order valence-corrected chi connectivity index (χ0v) is 18.2. The van der Waals surface area contributed by atoms with E-state index in [1.165, 1.54) is 18.9 Å². The summed E-state index contributed by atoms with van der Waals surface area (Å²) in [5, 5.41) is 9.10. The van der Waals surface area contributed by atoms with E-state index in [4.69, 9.17) is 19.7 Å². The summed E-state index contributed by atoms with van der Waals surface area (Å²) in [7, 11) is 1.62. The molecule has 5 rings (SSSR count). The Morgan fingerprint density at radius 2 is 1.97 bits per heavy atom. The minimum atomic E-state index is -0.485. The Kier molecular flexibility index (Phi) is 5.54. The molecule has 4 aromatic rings. The van der Waals surface area contributed by atoms with Gasteiger partial charge in [0.2, 0.25) is 0 Å². The second-order valence-electron chi connectivity index (χ2n) is 8.04. The van der Waals surface area contributed by atoms with E-state index in [0.717, 1.165) is 16.6 Å². The summed E-state index contributed by atoms with van der Waals surface area (Å²) >= 11 is 0. The highest BCUT2D eigenvalue weighted by Gasteiger charge is 2.23. The molecule has 5 nitrogen and oxygen atoms in total. The number of nitrogens with zero attached hydrogens (tertiary/aromatic N) is 3. The lowest BCUT2D eigenvalue weighted by Crippen LogP contribution is -2.02. The predicted molar refractivity (Wildman–Crippen MR) is 126 cm³/mol. The minimum Gasteiger partial charge on any atom is -0.493 e. The van der Waals surface area contributed by atoms with Gasteiger partial charge < -0.3 is 9.47 Å². The lowest BCUT2D eigenvalue weighted by atomic mass is 10.1. The maximum Gasteiger partial charge on any atom is 0.168 e. The molecule has 33 heavy (non-hydrogen) atoms. The van der Waals surface area contributed by atoms with Gasteiger partial charge in [0.25, 0.3) is 0 Å². The number of benzene rings is 3. The normalized spacial score (nSPS) is 13.4. The van der Waals surface area contributed by atoms with Crippen LogP contribution in [0.4, 0.5) is 4.39 Å². The number of imidazole rings is 1. The van der Waals surface area contributed by atoms with Gasteiger partial charge in [-0.1, -0.05) is 24.3 Å². The number of nitriles is 1. The first-order valence-corrected chi connectivity index (χ1v) is 10.8. The van der Waals surface area contributed by atoms with Crippen molar-refractivity contribution in [3.8, 4) is 23.3 Å². The number of halogens is 1. The van der Waals surface area contributed by atoms with Gasteiger partial charge in [-0.2, -0.15) is 5.26 Å². The van der Waals surface area contributed by atoms with E-state index in [9.17, 15) is 4.39 Å². The van der Waals surface area contributed by atoms with Crippen molar-refractivity contribution in [2.45, 2.75) is 12.8 Å². The van der Waals surface area contributed by atoms with Crippen molar-refractivity contribution in [1.82, 2.24) is 9.55 Å². The molecule has 1 saturated carbocycles. The van der Waals surface area contributed by atoms with Crippen LogP contribution in [-0.4, -0.2) is 23.3 Å². The lowest BCUT2D eigenvalue weighted by molar-refractivity contribution is 0.280. The molecule has 0 aliphatic heterocycles. The first-order chi connectivity index (χ1) is 16.2. The lowest BCUT2D eigenvalue weighted by Gasteiger charge is -2.13. The number of hydrogen-bond acceptors (Lipinski definition) is 4. The van der Waals surface area contributed by atoms with E-state index in [1.54, 1.807) is 23.8 Å². The van der Waals surface area contributed by atoms with Crippen molar-refractivity contribution in [2.75, 3.05) is 13.7 Å². The maximum absolute atomic E-state index is 15.0. The molecule has 0 unspecified atom stereocenters. The third-order valence-corrected chi connectivity index (χ3v) is 5.71. The Morgan fingerprint density at radius 3 is 2.73 bits per heavy atom. The van der Waals surface area contributed by atoms with E-state index in [1.807, 2.05) is 60.7 Å². The van der Waals surface area contributed by atoms with Crippen LogP contribution in [0.15, 0.2) is 60.7 Å². The number of rotatable bonds is 7. The molecule has 1 fully saturated rings. The summed E-state index contributed by atoms with van der Waals surface area (Å²) in [5.41, 5.74) is 2.98. The number of ether oxygens (including phenoxy) is 2. The highest BCUT2D eigenvalue weighted by atomic mass is 19.1. The zero-order chi connectivity index (χ0) is 22.8. The van der Waals surface area contributed by atoms with Crippen LogP contribution in [0.25, 0.3) is 28.9 Å². The van der Waals surface area contributed by atoms with Gasteiger partial charge in [0.1, 0.15) is 11.6 Å². The first-order valence-electron chi connectivity index (χ1n) is 10.8. The molecule has 164 valence electrons. The zero-order valence-electron chi connectivity index (χ0n) is 18.2. The molecule has 0 radical (unpaired) electrons. The molecule has 0 spiro atoms. The third-order valence-electron chi connectivity index (χ3n) is 5.71. The highest BCUT2D eigenvalue weighted by Crippen LogP contribution is 2.36. The maximum atomic E-state index is 15.0. The van der Waals surface area contributed by atoms with Gasteiger partial charge in [-0.3, -0.25) is 4.57 Å². The first kappa shape index (κ1) is 20.8. The highest BCUT2D eigenvalue weighted by molar-refractivity contribution is 5.83. The quantitative estimate of drug-likeness (QED) is 0.354. The molecule has 1 aromatic heterocycles. The van der Waals surface area contributed by atoms with Crippen LogP contribution >= 0.6 is 0 Å². The standard InChI is InChI=1S/C27H22FN3O2/c1-32-25-8-4-5-20(27(25)33-17-18-9-10-18)12-14-26-30-22-6-2-3-7-24(22)31(26)23-13-11-19(16-29)15-21(23)28/h2-8,11-15,18H,9-10,17H2,1H3/b14-12+. The van der Waals surface area contributed by atoms with E-state index in [0.29, 0.717) is 35.5 Å². The van der Waals surface area contributed by atoms with Gasteiger partial charge in [0, 0.05) is 5.56 Å². The van der Waals surface area contributed by atoms with Crippen molar-refractivity contribution < 1.29 is 13.9 Å². The molecule has 1 aliphatic rings. The van der Waals surface area contributed by atoms with Gasteiger partial charge in [0.05, 0.1) is 42.1 Å². The van der Waals surface area contributed by atoms with E-state index in [2.05, 4.69) is 0 Å². The Labute approximate surface area is 191 Å². The van der Waals surface area contributed by atoms with Crippen molar-refractivity contribution in [1.29, 1.82) is 5.26 Å². The third kappa shape index (κ3) is 4.18. The largest absolute Gasteiger partial charge is 0.493 e. The van der Waals surface area contributed by atoms with Crippen LogP contribution in [0.1, 0.15) is 29.8 Å². The number of para-hydroxylation sites is 3. The second kappa shape index (κ2) is 8.79. The number of hydrogen-bond donors (Lipinski definition) is 0. The van der Waals surface area contributed by atoms with Crippen LogP contribution < -0.4 is 9.47 Å². The summed E-state index contributed by atoms with van der Waals surface area (Å²) in [6, 6.07) is 19.7. The molecular weight excluding hydrogens is 417 g/mol. The molecule has 0 saturated heterocycles. The summed E-state index contributed by atoms with van der Waals surface area (Å²) < 4.78 is 28.3. The van der Waals surface area contributed by atoms with Crippen LogP contribution in [0.5, 0.6) is 11.5 Å². The van der Waals surface area contributed by atoms with Gasteiger partial charge in [-0.05, 0) is 67.3 Å². The molecule has 3 aromatic carbocycles. The smallest absolute Gasteiger partial charge is 0.168 e. The topological polar surface area (TPSA) is 60.1 Å². The fourth-order valence-electron chi connectivity index (χ4n) is 3.80. The molecule has 1 heterocycles. The van der Waals surface area contributed by atoms with E-state index < -0.39 is 5.82 Å². The number of methoxy groups -OCH3 is 1. The monoisotopic (exact) mass is 439 g/mol. The average molecular weight is 439 g/mol. The van der Waals surface area contributed by atoms with Gasteiger partial charge >= 0.3 is 0 Å². The second-order valence-corrected chi connectivity index (χ2v) is 8.04. The van der Waals surface area contributed by atoms with Crippen LogP contribution in [0.2, 0.25) is 0 Å². The molecule has 0 atom stereocenters. The van der Waals surface area contributed by atoms with Gasteiger partial charge in [0.15, 0.2) is 11.5 Å². The Hall–Kier alpha value is -4.11. The molecular formula is C27H22FN3O2. The fraction of sp³-hybridized carbons (Fsp3) is 0.185. The van der Waals surface area contributed by atoms with Crippen LogP contribution in [-0.2, 0) is 0 Å². The van der Waals surface area contributed by atoms with Crippen molar-refractivity contribution in [2.24, 2.45) is 5.92 Å². The SMILES string of the molecule is COc1cccc(/C=C/c2nc3ccccc3n2-c2ccc(C#N)cc2F)c1OCC1CC1. The van der Waals surface area contributed by atoms with E-state index >= 15 is 0 Å². The Bertz CT molecular complexity index is 1400. The molecule has 0 bridgehead atoms. The molecule has 6 heteroatoms. The summed E-state index contributed by atoms with van der Waals surface area (Å²) in [5.74, 6) is 2.05. The van der Waals surface area contributed by atoms with Crippen molar-refractivity contribution in [3.05, 3.63) is 83.4 Å². The van der Waals surface area contributed by atoms with Crippen LogP contribution in [0, 0.1) is 23.1 Å². The number of fused-ring (bicyclic) bond motifs is 1. The summed E-state index contributed by atoms with van der Waals surface area (Å²) in [6.07, 6.45) is 6.14. The summed E-state index contributed by atoms with van der Waals surface area (Å²) in [4.78, 5) is 4.72. The van der Waals surface area contributed by atoms with E-state index in [-0.39, 0.29) is 5.56 Å². The predicted octanol–water partition coefficient (Wildman–Crippen LogP) is 6.00.